The van der Waals surface area contributed by atoms with Gasteiger partial charge < -0.3 is 25.3 Å². The van der Waals surface area contributed by atoms with Crippen molar-refractivity contribution in [1.29, 1.82) is 0 Å². The normalized spacial score (nSPS) is 17.3. The van der Waals surface area contributed by atoms with E-state index < -0.39 is 27.9 Å². The molecule has 162 valence electrons. The van der Waals surface area contributed by atoms with Crippen LogP contribution in [0.25, 0.3) is 0 Å². The van der Waals surface area contributed by atoms with E-state index >= 15 is 0 Å². The second-order valence-electron chi connectivity index (χ2n) is 6.17. The Kier molecular flexibility index (Phi) is 6.87. The molecule has 2 N–H and O–H groups in total. The van der Waals surface area contributed by atoms with Gasteiger partial charge >= 0.3 is 11.8 Å². The average Bonchev–Trinajstić information content (AvgIpc) is 3.23. The zero-order valence-corrected chi connectivity index (χ0v) is 17.5. The summed E-state index contributed by atoms with van der Waals surface area (Å²) in [5.74, 6) is -1.41. The Morgan fingerprint density at radius 2 is 2.32 bits per heavy atom. The molecule has 1 aromatic carbocycles. The maximum atomic E-state index is 11.7. The van der Waals surface area contributed by atoms with E-state index in [1.165, 1.54) is 24.2 Å². The van der Waals surface area contributed by atoms with Gasteiger partial charge in [-0.1, -0.05) is 23.4 Å². The van der Waals surface area contributed by atoms with Crippen molar-refractivity contribution in [3.8, 4) is 5.75 Å². The van der Waals surface area contributed by atoms with E-state index in [0.717, 1.165) is 11.8 Å². The van der Waals surface area contributed by atoms with E-state index in [4.69, 9.17) is 21.4 Å². The average molecular weight is 467 g/mol. The molecule has 1 aromatic heterocycles. The van der Waals surface area contributed by atoms with E-state index in [0.29, 0.717) is 16.9 Å². The summed E-state index contributed by atoms with van der Waals surface area (Å²) in [4.78, 5) is 32.7. The van der Waals surface area contributed by atoms with Crippen LogP contribution in [0.4, 0.5) is 5.82 Å². The lowest BCUT2D eigenvalue weighted by atomic mass is 10.1. The largest absolute Gasteiger partial charge is 0.496 e. The number of methoxy groups -OCH3 is 1. The minimum absolute atomic E-state index is 0.0742. The number of carbonyl (C=O) groups excluding carboxylic acids is 1. The highest BCUT2D eigenvalue weighted by Gasteiger charge is 2.32. The van der Waals surface area contributed by atoms with Gasteiger partial charge in [0.15, 0.2) is 10.2 Å². The van der Waals surface area contributed by atoms with Gasteiger partial charge in [-0.15, -0.1) is 5.10 Å². The van der Waals surface area contributed by atoms with Gasteiger partial charge in [0.25, 0.3) is 0 Å². The molecule has 0 spiro atoms. The molecule has 0 aliphatic carbocycles. The highest BCUT2D eigenvalue weighted by Crippen LogP contribution is 2.25. The van der Waals surface area contributed by atoms with Crippen LogP contribution in [0.15, 0.2) is 34.6 Å². The van der Waals surface area contributed by atoms with Crippen LogP contribution < -0.4 is 10.1 Å². The van der Waals surface area contributed by atoms with Crippen molar-refractivity contribution in [2.75, 3.05) is 7.11 Å². The molecule has 0 radical (unpaired) electrons. The van der Waals surface area contributed by atoms with Crippen LogP contribution in [-0.4, -0.2) is 55.4 Å². The molecule has 2 heterocycles. The summed E-state index contributed by atoms with van der Waals surface area (Å²) >= 11 is 6.83. The molecule has 1 atom stereocenters. The SMILES string of the molecule is COc1ccc(C=NN=C2NC(=O)C(CC(=O)O)S2)cc1Cn1cc(Cl)c([N+](=O)[O-])n1. The van der Waals surface area contributed by atoms with Crippen LogP contribution in [0.2, 0.25) is 5.02 Å². The van der Waals surface area contributed by atoms with Crippen molar-refractivity contribution >= 4 is 52.4 Å². The third kappa shape index (κ3) is 5.58. The van der Waals surface area contributed by atoms with Crippen LogP contribution >= 0.6 is 23.4 Å². The maximum absolute atomic E-state index is 11.7. The number of rotatable bonds is 8. The number of nitro groups is 1. The Morgan fingerprint density at radius 1 is 1.55 bits per heavy atom. The molecular weight excluding hydrogens is 452 g/mol. The quantitative estimate of drug-likeness (QED) is 0.338. The van der Waals surface area contributed by atoms with Crippen molar-refractivity contribution < 1.29 is 24.4 Å². The lowest BCUT2D eigenvalue weighted by molar-refractivity contribution is -0.389. The van der Waals surface area contributed by atoms with Gasteiger partial charge in [0, 0.05) is 5.56 Å². The first-order valence-electron chi connectivity index (χ1n) is 8.61. The summed E-state index contributed by atoms with van der Waals surface area (Å²) in [5.41, 5.74) is 1.31. The van der Waals surface area contributed by atoms with Gasteiger partial charge in [-0.2, -0.15) is 9.78 Å². The number of carbonyl (C=O) groups is 2. The maximum Gasteiger partial charge on any atom is 0.408 e. The zero-order chi connectivity index (χ0) is 22.5. The highest BCUT2D eigenvalue weighted by molar-refractivity contribution is 8.15. The van der Waals surface area contributed by atoms with Crippen molar-refractivity contribution in [3.63, 3.8) is 0 Å². The number of nitrogens with zero attached hydrogens (tertiary/aromatic N) is 5. The first-order chi connectivity index (χ1) is 14.8. The number of aromatic nitrogens is 2. The summed E-state index contributed by atoms with van der Waals surface area (Å²) in [6, 6.07) is 5.15. The number of halogens is 1. The lowest BCUT2D eigenvalue weighted by Crippen LogP contribution is -2.26. The Balaban J connectivity index is 1.74. The zero-order valence-electron chi connectivity index (χ0n) is 15.9. The molecule has 1 aliphatic rings. The predicted octanol–water partition coefficient (Wildman–Crippen LogP) is 1.90. The molecule has 1 unspecified atom stereocenters. The number of hydrogen-bond acceptors (Lipinski definition) is 9. The van der Waals surface area contributed by atoms with Gasteiger partial charge in [-0.05, 0) is 28.7 Å². The Labute approximate surface area is 184 Å². The first-order valence-corrected chi connectivity index (χ1v) is 9.87. The van der Waals surface area contributed by atoms with Crippen molar-refractivity contribution in [3.05, 3.63) is 50.7 Å². The van der Waals surface area contributed by atoms with Crippen molar-refractivity contribution in [2.24, 2.45) is 10.2 Å². The van der Waals surface area contributed by atoms with E-state index in [1.807, 2.05) is 0 Å². The van der Waals surface area contributed by atoms with Crippen LogP contribution in [0, 0.1) is 10.1 Å². The highest BCUT2D eigenvalue weighted by atomic mass is 35.5. The summed E-state index contributed by atoms with van der Waals surface area (Å²) in [7, 11) is 1.49. The number of carboxylic acids is 1. The summed E-state index contributed by atoms with van der Waals surface area (Å²) < 4.78 is 6.65. The number of amidine groups is 1. The van der Waals surface area contributed by atoms with Gasteiger partial charge in [0.1, 0.15) is 11.0 Å². The Hall–Kier alpha value is -3.45. The molecule has 1 amide bonds. The molecule has 0 saturated carbocycles. The number of hydrogen-bond donors (Lipinski definition) is 2. The van der Waals surface area contributed by atoms with Crippen LogP contribution in [-0.2, 0) is 16.1 Å². The predicted molar refractivity (Wildman–Crippen MR) is 113 cm³/mol. The molecule has 14 heteroatoms. The van der Waals surface area contributed by atoms with E-state index in [-0.39, 0.29) is 23.2 Å². The van der Waals surface area contributed by atoms with Crippen LogP contribution in [0.5, 0.6) is 5.75 Å². The van der Waals surface area contributed by atoms with Gasteiger partial charge in [-0.25, -0.2) is 0 Å². The molecule has 31 heavy (non-hydrogen) atoms. The third-order valence-corrected chi connectivity index (χ3v) is 5.34. The number of amides is 1. The minimum atomic E-state index is -1.08. The van der Waals surface area contributed by atoms with Gasteiger partial charge in [-0.3, -0.25) is 9.59 Å². The number of nitrogens with one attached hydrogen (secondary N) is 1. The fourth-order valence-corrected chi connectivity index (χ4v) is 3.80. The van der Waals surface area contributed by atoms with Crippen LogP contribution in [0.1, 0.15) is 17.5 Å². The third-order valence-electron chi connectivity index (χ3n) is 4.00. The van der Waals surface area contributed by atoms with Gasteiger partial charge in [0.05, 0.1) is 37.6 Å². The Morgan fingerprint density at radius 3 is 2.97 bits per heavy atom. The molecule has 1 aliphatic heterocycles. The van der Waals surface area contributed by atoms with E-state index in [1.54, 1.807) is 18.2 Å². The summed E-state index contributed by atoms with van der Waals surface area (Å²) in [6.45, 7) is 0.162. The number of benzene rings is 1. The minimum Gasteiger partial charge on any atom is -0.496 e. The summed E-state index contributed by atoms with van der Waals surface area (Å²) in [5, 5.41) is 33.3. The topological polar surface area (TPSA) is 161 Å². The Bertz CT molecular complexity index is 1100. The number of thioether (sulfide) groups is 1. The smallest absolute Gasteiger partial charge is 0.408 e. The van der Waals surface area contributed by atoms with E-state index in [9.17, 15) is 19.7 Å². The molecular formula is C17H15ClN6O6S. The standard InChI is InChI=1S/C17H15ClN6O6S/c1-30-12-3-2-9(4-10(12)7-23-8-11(18)15(22-23)24(28)29)6-19-21-17-20-16(27)13(31-17)5-14(25)26/h2-4,6,8,13H,5,7H2,1H3,(H,25,26)(H,20,21,27). The monoisotopic (exact) mass is 466 g/mol. The lowest BCUT2D eigenvalue weighted by Gasteiger charge is -2.08. The second kappa shape index (κ2) is 9.57. The molecule has 1 saturated heterocycles. The number of ether oxygens (including phenoxy) is 1. The van der Waals surface area contributed by atoms with Crippen molar-refractivity contribution in [1.82, 2.24) is 15.1 Å². The molecule has 2 aromatic rings. The second-order valence-corrected chi connectivity index (χ2v) is 7.77. The molecule has 0 bridgehead atoms. The molecule has 1 fully saturated rings. The fourth-order valence-electron chi connectivity index (χ4n) is 2.66. The number of aliphatic carboxylic acids is 1. The summed E-state index contributed by atoms with van der Waals surface area (Å²) in [6.07, 6.45) is 2.47. The number of carboxylic acid groups (broad SMARTS) is 1. The van der Waals surface area contributed by atoms with Crippen LogP contribution in [0.3, 0.4) is 0 Å². The molecule has 3 rings (SSSR count). The fraction of sp³-hybridized carbons (Fsp3) is 0.235. The van der Waals surface area contributed by atoms with Crippen molar-refractivity contribution in [2.45, 2.75) is 18.2 Å². The van der Waals surface area contributed by atoms with Gasteiger partial charge in [0.2, 0.25) is 5.91 Å². The first kappa shape index (κ1) is 22.2. The molecule has 12 nitrogen and oxygen atoms in total. The van der Waals surface area contributed by atoms with E-state index in [2.05, 4.69) is 20.6 Å².